The maximum absolute atomic E-state index is 11.4. The third kappa shape index (κ3) is 3.05. The van der Waals surface area contributed by atoms with Gasteiger partial charge in [-0.25, -0.2) is 9.78 Å². The lowest BCUT2D eigenvalue weighted by molar-refractivity contribution is 0.0600. The highest BCUT2D eigenvalue weighted by Gasteiger charge is 2.08. The summed E-state index contributed by atoms with van der Waals surface area (Å²) >= 11 is 6.04. The van der Waals surface area contributed by atoms with Crippen molar-refractivity contribution in [2.24, 2.45) is 0 Å². The standard InChI is InChI=1S/C14H10ClN3O2/c1-20-14(19)10-4-5-17-13(7-10)18-12-6-9(8-16)2-3-11(12)15/h2-7H,1H3,(H,17,18). The Labute approximate surface area is 120 Å². The van der Waals surface area contributed by atoms with Crippen LogP contribution in [0.5, 0.6) is 0 Å². The van der Waals surface area contributed by atoms with Crippen LogP contribution in [0.25, 0.3) is 0 Å². The predicted octanol–water partition coefficient (Wildman–Crippen LogP) is 3.14. The number of ether oxygens (including phenoxy) is 1. The SMILES string of the molecule is COC(=O)c1ccnc(Nc2cc(C#N)ccc2Cl)c1. The number of nitrogens with zero attached hydrogens (tertiary/aromatic N) is 2. The van der Waals surface area contributed by atoms with Crippen molar-refractivity contribution in [2.45, 2.75) is 0 Å². The molecule has 0 bridgehead atoms. The van der Waals surface area contributed by atoms with Crippen LogP contribution < -0.4 is 5.32 Å². The highest BCUT2D eigenvalue weighted by atomic mass is 35.5. The van der Waals surface area contributed by atoms with Crippen molar-refractivity contribution in [3.63, 3.8) is 0 Å². The van der Waals surface area contributed by atoms with E-state index in [0.29, 0.717) is 27.7 Å². The fraction of sp³-hybridized carbons (Fsp3) is 0.0714. The Morgan fingerprint density at radius 3 is 2.90 bits per heavy atom. The Morgan fingerprint density at radius 1 is 1.40 bits per heavy atom. The first-order valence-corrected chi connectivity index (χ1v) is 6.03. The number of nitriles is 1. The number of esters is 1. The molecule has 0 saturated heterocycles. The molecule has 0 amide bonds. The van der Waals surface area contributed by atoms with E-state index in [4.69, 9.17) is 16.9 Å². The molecule has 1 aromatic carbocycles. The maximum atomic E-state index is 11.4. The van der Waals surface area contributed by atoms with Crippen molar-refractivity contribution in [2.75, 3.05) is 12.4 Å². The van der Waals surface area contributed by atoms with Gasteiger partial charge in [0.15, 0.2) is 0 Å². The molecular formula is C14H10ClN3O2. The van der Waals surface area contributed by atoms with Crippen LogP contribution in [-0.4, -0.2) is 18.1 Å². The molecule has 2 rings (SSSR count). The van der Waals surface area contributed by atoms with E-state index in [1.54, 1.807) is 30.3 Å². The van der Waals surface area contributed by atoms with Gasteiger partial charge in [-0.05, 0) is 30.3 Å². The second-order valence-corrected chi connectivity index (χ2v) is 4.26. The van der Waals surface area contributed by atoms with Gasteiger partial charge in [0.2, 0.25) is 0 Å². The van der Waals surface area contributed by atoms with Crippen LogP contribution >= 0.6 is 11.6 Å². The molecule has 0 unspecified atom stereocenters. The summed E-state index contributed by atoms with van der Waals surface area (Å²) in [5.74, 6) is -0.0165. The number of rotatable bonds is 3. The number of carbonyl (C=O) groups is 1. The predicted molar refractivity (Wildman–Crippen MR) is 75.0 cm³/mol. The van der Waals surface area contributed by atoms with Gasteiger partial charge in [-0.15, -0.1) is 0 Å². The summed E-state index contributed by atoms with van der Waals surface area (Å²) in [7, 11) is 1.31. The van der Waals surface area contributed by atoms with E-state index in [9.17, 15) is 4.79 Å². The fourth-order valence-corrected chi connectivity index (χ4v) is 1.74. The zero-order valence-corrected chi connectivity index (χ0v) is 11.3. The van der Waals surface area contributed by atoms with Crippen LogP contribution in [0.3, 0.4) is 0 Å². The molecule has 0 saturated carbocycles. The molecule has 0 fully saturated rings. The first kappa shape index (κ1) is 13.8. The Balaban J connectivity index is 2.31. The second-order valence-electron chi connectivity index (χ2n) is 3.85. The van der Waals surface area contributed by atoms with Crippen LogP contribution in [0.4, 0.5) is 11.5 Å². The zero-order valence-electron chi connectivity index (χ0n) is 10.6. The minimum atomic E-state index is -0.452. The Morgan fingerprint density at radius 2 is 2.20 bits per heavy atom. The number of benzene rings is 1. The zero-order chi connectivity index (χ0) is 14.5. The molecule has 0 aliphatic rings. The summed E-state index contributed by atoms with van der Waals surface area (Å²) < 4.78 is 4.64. The van der Waals surface area contributed by atoms with Gasteiger partial charge in [0.05, 0.1) is 35.0 Å². The van der Waals surface area contributed by atoms with E-state index in [-0.39, 0.29) is 0 Å². The Kier molecular flexibility index (Phi) is 4.18. The quantitative estimate of drug-likeness (QED) is 0.878. The number of aromatic nitrogens is 1. The van der Waals surface area contributed by atoms with Crippen LogP contribution in [0.2, 0.25) is 5.02 Å². The molecule has 1 heterocycles. The lowest BCUT2D eigenvalue weighted by atomic mass is 10.2. The van der Waals surface area contributed by atoms with Gasteiger partial charge in [0.25, 0.3) is 0 Å². The molecule has 2 aromatic rings. The van der Waals surface area contributed by atoms with E-state index in [1.165, 1.54) is 13.3 Å². The summed E-state index contributed by atoms with van der Waals surface area (Å²) in [5, 5.41) is 12.3. The van der Waals surface area contributed by atoms with Crippen molar-refractivity contribution in [1.29, 1.82) is 5.26 Å². The Bertz CT molecular complexity index is 695. The molecule has 0 atom stereocenters. The monoisotopic (exact) mass is 287 g/mol. The largest absolute Gasteiger partial charge is 0.465 e. The number of nitrogens with one attached hydrogen (secondary N) is 1. The van der Waals surface area contributed by atoms with E-state index in [1.807, 2.05) is 6.07 Å². The first-order valence-electron chi connectivity index (χ1n) is 5.65. The Hall–Kier alpha value is -2.58. The number of pyridine rings is 1. The average Bonchev–Trinajstić information content (AvgIpc) is 2.49. The van der Waals surface area contributed by atoms with Gasteiger partial charge < -0.3 is 10.1 Å². The molecule has 100 valence electrons. The number of halogens is 1. The molecule has 20 heavy (non-hydrogen) atoms. The lowest BCUT2D eigenvalue weighted by Gasteiger charge is -2.08. The van der Waals surface area contributed by atoms with Crippen molar-refractivity contribution in [3.05, 3.63) is 52.7 Å². The second kappa shape index (κ2) is 6.04. The third-order valence-electron chi connectivity index (χ3n) is 2.54. The first-order chi connectivity index (χ1) is 9.63. The number of hydrogen-bond acceptors (Lipinski definition) is 5. The molecule has 0 aliphatic heterocycles. The average molecular weight is 288 g/mol. The number of carbonyl (C=O) groups excluding carboxylic acids is 1. The molecule has 1 N–H and O–H groups in total. The topological polar surface area (TPSA) is 75.0 Å². The van der Waals surface area contributed by atoms with Crippen LogP contribution in [-0.2, 0) is 4.74 Å². The summed E-state index contributed by atoms with van der Waals surface area (Å²) in [6.45, 7) is 0. The lowest BCUT2D eigenvalue weighted by Crippen LogP contribution is -2.03. The van der Waals surface area contributed by atoms with Gasteiger partial charge >= 0.3 is 5.97 Å². The molecule has 5 nitrogen and oxygen atoms in total. The summed E-state index contributed by atoms with van der Waals surface area (Å²) in [6, 6.07) is 9.96. The van der Waals surface area contributed by atoms with Gasteiger partial charge in [0.1, 0.15) is 5.82 Å². The van der Waals surface area contributed by atoms with Crippen molar-refractivity contribution in [1.82, 2.24) is 4.98 Å². The van der Waals surface area contributed by atoms with E-state index in [2.05, 4.69) is 15.0 Å². The summed E-state index contributed by atoms with van der Waals surface area (Å²) in [5.41, 5.74) is 1.39. The minimum Gasteiger partial charge on any atom is -0.465 e. The number of hydrogen-bond donors (Lipinski definition) is 1. The number of anilines is 2. The van der Waals surface area contributed by atoms with Crippen LogP contribution in [0.15, 0.2) is 36.5 Å². The molecule has 0 spiro atoms. The van der Waals surface area contributed by atoms with Crippen molar-refractivity contribution < 1.29 is 9.53 Å². The van der Waals surface area contributed by atoms with E-state index >= 15 is 0 Å². The molecular weight excluding hydrogens is 278 g/mol. The summed E-state index contributed by atoms with van der Waals surface area (Å²) in [4.78, 5) is 15.5. The highest BCUT2D eigenvalue weighted by Crippen LogP contribution is 2.25. The van der Waals surface area contributed by atoms with E-state index in [0.717, 1.165) is 0 Å². The van der Waals surface area contributed by atoms with Crippen LogP contribution in [0, 0.1) is 11.3 Å². The summed E-state index contributed by atoms with van der Waals surface area (Å²) in [6.07, 6.45) is 1.48. The van der Waals surface area contributed by atoms with Gasteiger partial charge in [-0.2, -0.15) is 5.26 Å². The fourth-order valence-electron chi connectivity index (χ4n) is 1.57. The highest BCUT2D eigenvalue weighted by molar-refractivity contribution is 6.33. The normalized spacial score (nSPS) is 9.65. The van der Waals surface area contributed by atoms with Gasteiger partial charge in [-0.3, -0.25) is 0 Å². The molecule has 0 aliphatic carbocycles. The molecule has 1 aromatic heterocycles. The van der Waals surface area contributed by atoms with Crippen molar-refractivity contribution in [3.8, 4) is 6.07 Å². The third-order valence-corrected chi connectivity index (χ3v) is 2.87. The van der Waals surface area contributed by atoms with Crippen molar-refractivity contribution >= 4 is 29.1 Å². The smallest absolute Gasteiger partial charge is 0.338 e. The van der Waals surface area contributed by atoms with Crippen LogP contribution in [0.1, 0.15) is 15.9 Å². The maximum Gasteiger partial charge on any atom is 0.338 e. The number of methoxy groups -OCH3 is 1. The molecule has 0 radical (unpaired) electrons. The van der Waals surface area contributed by atoms with E-state index < -0.39 is 5.97 Å². The van der Waals surface area contributed by atoms with Gasteiger partial charge in [0, 0.05) is 6.20 Å². The minimum absolute atomic E-state index is 0.373. The van der Waals surface area contributed by atoms with Gasteiger partial charge in [-0.1, -0.05) is 11.6 Å². The molecule has 6 heteroatoms.